The Morgan fingerprint density at radius 2 is 2.21 bits per heavy atom. The molecule has 0 aliphatic carbocycles. The van der Waals surface area contributed by atoms with Crippen LogP contribution in [-0.4, -0.2) is 26.2 Å². The van der Waals surface area contributed by atoms with Crippen LogP contribution in [0, 0.1) is 0 Å². The zero-order valence-corrected chi connectivity index (χ0v) is 11.1. The van der Waals surface area contributed by atoms with E-state index in [4.69, 9.17) is 0 Å². The number of aliphatic hydroxyl groups excluding tert-OH is 1. The number of anilines is 1. The normalized spacial score (nSPS) is 14.5. The van der Waals surface area contributed by atoms with Gasteiger partial charge in [-0.15, -0.1) is 0 Å². The van der Waals surface area contributed by atoms with E-state index in [0.29, 0.717) is 0 Å². The lowest BCUT2D eigenvalue weighted by Gasteiger charge is -2.29. The van der Waals surface area contributed by atoms with Gasteiger partial charge in [0.05, 0.1) is 13.2 Å². The van der Waals surface area contributed by atoms with E-state index in [2.05, 4.69) is 26.4 Å². The van der Waals surface area contributed by atoms with Gasteiger partial charge < -0.3 is 14.6 Å². The van der Waals surface area contributed by atoms with Crippen LogP contribution in [0.2, 0.25) is 0 Å². The minimum atomic E-state index is 0.0605. The third kappa shape index (κ3) is 2.33. The van der Waals surface area contributed by atoms with Crippen molar-refractivity contribution >= 4 is 5.82 Å². The summed E-state index contributed by atoms with van der Waals surface area (Å²) in [5.41, 5.74) is 1.95. The highest BCUT2D eigenvalue weighted by Gasteiger charge is 2.18. The molecule has 0 saturated heterocycles. The summed E-state index contributed by atoms with van der Waals surface area (Å²) < 4.78 is 2.17. The van der Waals surface area contributed by atoms with Crippen LogP contribution in [0.3, 0.4) is 0 Å². The van der Waals surface area contributed by atoms with Gasteiger partial charge in [-0.1, -0.05) is 6.92 Å². The number of imidazole rings is 1. The van der Waals surface area contributed by atoms with Gasteiger partial charge in [0.1, 0.15) is 11.6 Å². The third-order valence-corrected chi connectivity index (χ3v) is 3.54. The Kier molecular flexibility index (Phi) is 3.21. The van der Waals surface area contributed by atoms with E-state index in [1.54, 1.807) is 0 Å². The Hall–Kier alpha value is -1.88. The maximum Gasteiger partial charge on any atom is 0.129 e. The molecule has 5 nitrogen and oxygen atoms in total. The van der Waals surface area contributed by atoms with Crippen molar-refractivity contribution in [3.63, 3.8) is 0 Å². The molecule has 19 heavy (non-hydrogen) atoms. The fourth-order valence-electron chi connectivity index (χ4n) is 2.44. The predicted octanol–water partition coefficient (Wildman–Crippen LogP) is 1.35. The van der Waals surface area contributed by atoms with Crippen molar-refractivity contribution in [3.05, 3.63) is 41.6 Å². The molecule has 1 aliphatic rings. The molecular formula is C14H18N4O. The zero-order valence-electron chi connectivity index (χ0n) is 11.1. The maximum absolute atomic E-state index is 9.34. The molecule has 5 heteroatoms. The largest absolute Gasteiger partial charge is 0.392 e. The van der Waals surface area contributed by atoms with Crippen LogP contribution in [0.15, 0.2) is 24.5 Å². The van der Waals surface area contributed by atoms with Gasteiger partial charge in [0.2, 0.25) is 0 Å². The first-order valence-electron chi connectivity index (χ1n) is 6.66. The molecule has 0 bridgehead atoms. The van der Waals surface area contributed by atoms with Gasteiger partial charge in [0.15, 0.2) is 0 Å². The van der Waals surface area contributed by atoms with Gasteiger partial charge in [-0.3, -0.25) is 0 Å². The smallest absolute Gasteiger partial charge is 0.129 e. The van der Waals surface area contributed by atoms with E-state index < -0.39 is 0 Å². The number of aryl methyl sites for hydroxylation is 1. The number of nitrogens with zero attached hydrogens (tertiary/aromatic N) is 4. The SMILES string of the molecule is CCc1cc(CO)cc(N2CCn3ccnc3C2)n1. The van der Waals surface area contributed by atoms with E-state index in [1.807, 2.05) is 24.5 Å². The van der Waals surface area contributed by atoms with Crippen LogP contribution in [0.1, 0.15) is 24.0 Å². The minimum absolute atomic E-state index is 0.0605. The molecule has 100 valence electrons. The van der Waals surface area contributed by atoms with Crippen LogP contribution in [0.4, 0.5) is 5.82 Å². The van der Waals surface area contributed by atoms with E-state index >= 15 is 0 Å². The van der Waals surface area contributed by atoms with Gasteiger partial charge in [0.25, 0.3) is 0 Å². The number of hydrogen-bond acceptors (Lipinski definition) is 4. The standard InChI is InChI=1S/C14H18N4O/c1-2-12-7-11(10-19)8-13(16-12)18-6-5-17-4-3-15-14(17)9-18/h3-4,7-8,19H,2,5-6,9-10H2,1H3. The number of rotatable bonds is 3. The third-order valence-electron chi connectivity index (χ3n) is 3.54. The van der Waals surface area contributed by atoms with Crippen molar-refractivity contribution in [1.29, 1.82) is 0 Å². The molecule has 1 aliphatic heterocycles. The molecule has 0 atom stereocenters. The fourth-order valence-corrected chi connectivity index (χ4v) is 2.44. The highest BCUT2D eigenvalue weighted by molar-refractivity contribution is 5.43. The van der Waals surface area contributed by atoms with Crippen LogP contribution >= 0.6 is 0 Å². The maximum atomic E-state index is 9.34. The van der Waals surface area contributed by atoms with Crippen molar-refractivity contribution in [1.82, 2.24) is 14.5 Å². The average molecular weight is 258 g/mol. The summed E-state index contributed by atoms with van der Waals surface area (Å²) in [6.07, 6.45) is 4.74. The zero-order chi connectivity index (χ0) is 13.2. The topological polar surface area (TPSA) is 54.2 Å². The molecule has 1 N–H and O–H groups in total. The number of aromatic nitrogens is 3. The summed E-state index contributed by atoms with van der Waals surface area (Å²) in [7, 11) is 0. The van der Waals surface area contributed by atoms with Crippen LogP contribution in [-0.2, 0) is 26.1 Å². The summed E-state index contributed by atoms with van der Waals surface area (Å²) in [5, 5.41) is 9.34. The Morgan fingerprint density at radius 3 is 3.00 bits per heavy atom. The lowest BCUT2D eigenvalue weighted by atomic mass is 10.2. The lowest BCUT2D eigenvalue weighted by Crippen LogP contribution is -2.34. The summed E-state index contributed by atoms with van der Waals surface area (Å²) in [6.45, 7) is 4.77. The van der Waals surface area contributed by atoms with E-state index in [0.717, 1.165) is 49.0 Å². The highest BCUT2D eigenvalue weighted by atomic mass is 16.3. The number of hydrogen-bond donors (Lipinski definition) is 1. The lowest BCUT2D eigenvalue weighted by molar-refractivity contribution is 0.281. The highest BCUT2D eigenvalue weighted by Crippen LogP contribution is 2.20. The molecule has 0 spiro atoms. The molecule has 2 aromatic heterocycles. The van der Waals surface area contributed by atoms with Gasteiger partial charge >= 0.3 is 0 Å². The molecule has 2 aromatic rings. The molecule has 0 aromatic carbocycles. The van der Waals surface area contributed by atoms with Crippen molar-refractivity contribution in [2.24, 2.45) is 0 Å². The summed E-state index contributed by atoms with van der Waals surface area (Å²) in [4.78, 5) is 11.2. The van der Waals surface area contributed by atoms with Crippen LogP contribution in [0.25, 0.3) is 0 Å². The summed E-state index contributed by atoms with van der Waals surface area (Å²) in [6, 6.07) is 3.94. The molecule has 3 rings (SSSR count). The van der Waals surface area contributed by atoms with Gasteiger partial charge in [-0.25, -0.2) is 9.97 Å². The van der Waals surface area contributed by atoms with E-state index in [1.165, 1.54) is 0 Å². The fraction of sp³-hybridized carbons (Fsp3) is 0.429. The molecule has 0 saturated carbocycles. The van der Waals surface area contributed by atoms with Gasteiger partial charge in [0, 0.05) is 31.2 Å². The first kappa shape index (κ1) is 12.2. The van der Waals surface area contributed by atoms with Gasteiger partial charge in [-0.05, 0) is 24.1 Å². The Morgan fingerprint density at radius 1 is 1.32 bits per heavy atom. The second-order valence-electron chi connectivity index (χ2n) is 4.80. The number of pyridine rings is 1. The Balaban J connectivity index is 1.90. The average Bonchev–Trinajstić information content (AvgIpc) is 2.94. The molecule has 0 radical (unpaired) electrons. The van der Waals surface area contributed by atoms with Crippen molar-refractivity contribution < 1.29 is 5.11 Å². The molecule has 0 amide bonds. The Bertz CT molecular complexity index is 556. The van der Waals surface area contributed by atoms with Gasteiger partial charge in [-0.2, -0.15) is 0 Å². The van der Waals surface area contributed by atoms with E-state index in [9.17, 15) is 5.11 Å². The monoisotopic (exact) mass is 258 g/mol. The number of aliphatic hydroxyl groups is 1. The van der Waals surface area contributed by atoms with E-state index in [-0.39, 0.29) is 6.61 Å². The quantitative estimate of drug-likeness (QED) is 0.903. The molecule has 0 fully saturated rings. The molecule has 0 unspecified atom stereocenters. The van der Waals surface area contributed by atoms with Crippen LogP contribution in [0.5, 0.6) is 0 Å². The molecule has 3 heterocycles. The van der Waals surface area contributed by atoms with Crippen molar-refractivity contribution in [3.8, 4) is 0 Å². The minimum Gasteiger partial charge on any atom is -0.392 e. The predicted molar refractivity (Wildman–Crippen MR) is 72.8 cm³/mol. The second-order valence-corrected chi connectivity index (χ2v) is 4.80. The first-order valence-corrected chi connectivity index (χ1v) is 6.66. The number of fused-ring (bicyclic) bond motifs is 1. The van der Waals surface area contributed by atoms with Crippen molar-refractivity contribution in [2.45, 2.75) is 33.0 Å². The van der Waals surface area contributed by atoms with Crippen LogP contribution < -0.4 is 4.90 Å². The summed E-state index contributed by atoms with van der Waals surface area (Å²) in [5.74, 6) is 2.01. The first-order chi connectivity index (χ1) is 9.30. The molecular weight excluding hydrogens is 240 g/mol. The second kappa shape index (κ2) is 5.01. The van der Waals surface area contributed by atoms with Crippen molar-refractivity contribution in [2.75, 3.05) is 11.4 Å². The Labute approximate surface area is 112 Å². The summed E-state index contributed by atoms with van der Waals surface area (Å²) >= 11 is 0.